The summed E-state index contributed by atoms with van der Waals surface area (Å²) in [5, 5.41) is 27.8. The van der Waals surface area contributed by atoms with Crippen LogP contribution in [0.25, 0.3) is 0 Å². The van der Waals surface area contributed by atoms with Crippen molar-refractivity contribution >= 4 is 17.3 Å². The molecule has 2 N–H and O–H groups in total. The molecule has 0 bridgehead atoms. The van der Waals surface area contributed by atoms with Crippen molar-refractivity contribution in [1.29, 1.82) is 0 Å². The number of nitrogens with one attached hydrogen (secondary N) is 2. The highest BCUT2D eigenvalue weighted by Gasteiger charge is 2.13. The van der Waals surface area contributed by atoms with Crippen molar-refractivity contribution in [2.45, 2.75) is 19.5 Å². The van der Waals surface area contributed by atoms with E-state index in [1.807, 2.05) is 6.92 Å². The predicted molar refractivity (Wildman–Crippen MR) is 67.5 cm³/mol. The van der Waals surface area contributed by atoms with Crippen molar-refractivity contribution in [3.63, 3.8) is 0 Å². The van der Waals surface area contributed by atoms with Gasteiger partial charge in [-0.25, -0.2) is 0 Å². The molecule has 2 rings (SSSR count). The maximum atomic E-state index is 10.7. The van der Waals surface area contributed by atoms with Gasteiger partial charge in [-0.3, -0.25) is 10.1 Å². The average molecular weight is 283 g/mol. The molecule has 0 aliphatic heterocycles. The van der Waals surface area contributed by atoms with Crippen LogP contribution in [0.5, 0.6) is 0 Å². The van der Waals surface area contributed by atoms with Gasteiger partial charge in [-0.2, -0.15) is 5.21 Å². The van der Waals surface area contributed by atoms with Gasteiger partial charge in [0.1, 0.15) is 0 Å². The molecular formula is C10H11ClN6O2. The Morgan fingerprint density at radius 1 is 1.58 bits per heavy atom. The Morgan fingerprint density at radius 2 is 2.37 bits per heavy atom. The van der Waals surface area contributed by atoms with E-state index in [0.717, 1.165) is 0 Å². The van der Waals surface area contributed by atoms with E-state index in [1.54, 1.807) is 0 Å². The topological polar surface area (TPSA) is 110 Å². The number of nitro benzene ring substituents is 1. The molecule has 1 aromatic carbocycles. The summed E-state index contributed by atoms with van der Waals surface area (Å²) >= 11 is 6.00. The summed E-state index contributed by atoms with van der Waals surface area (Å²) in [6.07, 6.45) is 0. The molecule has 2 aromatic rings. The first-order valence-electron chi connectivity index (χ1n) is 5.47. The molecule has 9 heteroatoms. The predicted octanol–water partition coefficient (Wildman–Crippen LogP) is 1.61. The minimum atomic E-state index is -0.456. The van der Waals surface area contributed by atoms with E-state index in [0.29, 0.717) is 23.0 Å². The molecule has 0 amide bonds. The van der Waals surface area contributed by atoms with E-state index >= 15 is 0 Å². The van der Waals surface area contributed by atoms with Crippen LogP contribution < -0.4 is 5.32 Å². The minimum absolute atomic E-state index is 0.00779. The highest BCUT2D eigenvalue weighted by molar-refractivity contribution is 6.31. The number of non-ortho nitro benzene ring substituents is 1. The van der Waals surface area contributed by atoms with Crippen LogP contribution in [0, 0.1) is 10.1 Å². The quantitative estimate of drug-likeness (QED) is 0.637. The third-order valence-corrected chi connectivity index (χ3v) is 2.96. The van der Waals surface area contributed by atoms with Gasteiger partial charge in [-0.05, 0) is 18.6 Å². The molecule has 0 saturated heterocycles. The Balaban J connectivity index is 2.06. The number of H-pyrrole nitrogens is 1. The zero-order chi connectivity index (χ0) is 13.8. The summed E-state index contributed by atoms with van der Waals surface area (Å²) < 4.78 is 0. The van der Waals surface area contributed by atoms with Gasteiger partial charge in [0.05, 0.1) is 11.0 Å². The van der Waals surface area contributed by atoms with Crippen LogP contribution in [-0.2, 0) is 6.54 Å². The van der Waals surface area contributed by atoms with Gasteiger partial charge in [0, 0.05) is 23.7 Å². The van der Waals surface area contributed by atoms with E-state index < -0.39 is 4.92 Å². The molecule has 1 atom stereocenters. The Kier molecular flexibility index (Phi) is 4.03. The van der Waals surface area contributed by atoms with Crippen molar-refractivity contribution in [3.05, 3.63) is 44.7 Å². The smallest absolute Gasteiger partial charge is 0.269 e. The maximum Gasteiger partial charge on any atom is 0.269 e. The number of nitrogens with zero attached hydrogens (tertiary/aromatic N) is 4. The molecule has 0 spiro atoms. The number of rotatable bonds is 5. The van der Waals surface area contributed by atoms with Gasteiger partial charge >= 0.3 is 0 Å². The zero-order valence-corrected chi connectivity index (χ0v) is 10.8. The number of halogens is 1. The number of aromatic nitrogens is 4. The van der Waals surface area contributed by atoms with Gasteiger partial charge in [-0.15, -0.1) is 10.2 Å². The van der Waals surface area contributed by atoms with Gasteiger partial charge in [0.15, 0.2) is 5.82 Å². The molecule has 19 heavy (non-hydrogen) atoms. The zero-order valence-electron chi connectivity index (χ0n) is 10.00. The fourth-order valence-electron chi connectivity index (χ4n) is 1.52. The molecular weight excluding hydrogens is 272 g/mol. The summed E-state index contributed by atoms with van der Waals surface area (Å²) in [5.74, 6) is 0.515. The second-order valence-electron chi connectivity index (χ2n) is 3.91. The Bertz CT molecular complexity index is 573. The SMILES string of the molecule is CC(NCc1cc([N+](=O)[O-])ccc1Cl)c1nn[nH]n1. The van der Waals surface area contributed by atoms with Crippen LogP contribution >= 0.6 is 11.6 Å². The van der Waals surface area contributed by atoms with E-state index in [-0.39, 0.29) is 11.7 Å². The van der Waals surface area contributed by atoms with E-state index in [2.05, 4.69) is 25.9 Å². The number of benzene rings is 1. The van der Waals surface area contributed by atoms with Crippen LogP contribution in [0.15, 0.2) is 18.2 Å². The van der Waals surface area contributed by atoms with E-state index in [4.69, 9.17) is 11.6 Å². The molecule has 1 aromatic heterocycles. The van der Waals surface area contributed by atoms with Gasteiger partial charge in [0.25, 0.3) is 5.69 Å². The Hall–Kier alpha value is -2.06. The largest absolute Gasteiger partial charge is 0.303 e. The van der Waals surface area contributed by atoms with Crippen LogP contribution in [0.2, 0.25) is 5.02 Å². The highest BCUT2D eigenvalue weighted by atomic mass is 35.5. The molecule has 8 nitrogen and oxygen atoms in total. The van der Waals surface area contributed by atoms with Crippen LogP contribution in [0.4, 0.5) is 5.69 Å². The molecule has 0 aliphatic carbocycles. The summed E-state index contributed by atoms with van der Waals surface area (Å²) in [6.45, 7) is 2.23. The van der Waals surface area contributed by atoms with Gasteiger partial charge in [-0.1, -0.05) is 16.8 Å². The lowest BCUT2D eigenvalue weighted by Gasteiger charge is -2.10. The number of nitro groups is 1. The lowest BCUT2D eigenvalue weighted by molar-refractivity contribution is -0.384. The summed E-state index contributed by atoms with van der Waals surface area (Å²) in [6, 6.07) is 4.18. The molecule has 1 heterocycles. The van der Waals surface area contributed by atoms with Crippen molar-refractivity contribution in [3.8, 4) is 0 Å². The lowest BCUT2D eigenvalue weighted by Crippen LogP contribution is -2.19. The first-order valence-corrected chi connectivity index (χ1v) is 5.85. The molecule has 1 unspecified atom stereocenters. The molecule has 0 saturated carbocycles. The number of aromatic amines is 1. The standard InChI is InChI=1S/C10H11ClN6O2/c1-6(10-13-15-16-14-10)12-5-7-4-8(17(18)19)2-3-9(7)11/h2-4,6,12H,5H2,1H3,(H,13,14,15,16). The number of hydrogen-bond donors (Lipinski definition) is 2. The first kappa shape index (κ1) is 13.4. The normalized spacial score (nSPS) is 12.3. The maximum absolute atomic E-state index is 10.7. The van der Waals surface area contributed by atoms with Crippen LogP contribution in [-0.4, -0.2) is 25.5 Å². The Labute approximate surface area is 113 Å². The van der Waals surface area contributed by atoms with Gasteiger partial charge in [0.2, 0.25) is 0 Å². The first-order chi connectivity index (χ1) is 9.08. The highest BCUT2D eigenvalue weighted by Crippen LogP contribution is 2.22. The van der Waals surface area contributed by atoms with Crippen molar-refractivity contribution in [2.75, 3.05) is 0 Å². The second kappa shape index (κ2) is 5.72. The van der Waals surface area contributed by atoms with E-state index in [1.165, 1.54) is 18.2 Å². The van der Waals surface area contributed by atoms with Crippen molar-refractivity contribution < 1.29 is 4.92 Å². The summed E-state index contributed by atoms with van der Waals surface area (Å²) in [7, 11) is 0. The fourth-order valence-corrected chi connectivity index (χ4v) is 1.70. The average Bonchev–Trinajstić information content (AvgIpc) is 2.91. The second-order valence-corrected chi connectivity index (χ2v) is 4.31. The third-order valence-electron chi connectivity index (χ3n) is 2.59. The monoisotopic (exact) mass is 282 g/mol. The molecule has 0 radical (unpaired) electrons. The van der Waals surface area contributed by atoms with Crippen molar-refractivity contribution in [2.24, 2.45) is 0 Å². The summed E-state index contributed by atoms with van der Waals surface area (Å²) in [4.78, 5) is 10.2. The van der Waals surface area contributed by atoms with E-state index in [9.17, 15) is 10.1 Å². The fraction of sp³-hybridized carbons (Fsp3) is 0.300. The molecule has 0 fully saturated rings. The molecule has 0 aliphatic rings. The molecule has 100 valence electrons. The number of hydrogen-bond acceptors (Lipinski definition) is 6. The lowest BCUT2D eigenvalue weighted by atomic mass is 10.2. The summed E-state index contributed by atoms with van der Waals surface area (Å²) in [5.41, 5.74) is 0.652. The Morgan fingerprint density at radius 3 is 3.00 bits per heavy atom. The van der Waals surface area contributed by atoms with Crippen LogP contribution in [0.3, 0.4) is 0 Å². The minimum Gasteiger partial charge on any atom is -0.303 e. The van der Waals surface area contributed by atoms with Crippen molar-refractivity contribution in [1.82, 2.24) is 25.9 Å². The van der Waals surface area contributed by atoms with Gasteiger partial charge < -0.3 is 5.32 Å². The van der Waals surface area contributed by atoms with Crippen LogP contribution in [0.1, 0.15) is 24.4 Å². The number of tetrazole rings is 1. The third kappa shape index (κ3) is 3.24.